The number of carbonyl (C=O) groups is 3. The molecular formula is C30H38N2O5. The van der Waals surface area contributed by atoms with Gasteiger partial charge in [0.05, 0.1) is 14.2 Å². The molecule has 7 nitrogen and oxygen atoms in total. The fourth-order valence-corrected chi connectivity index (χ4v) is 6.18. The molecule has 4 rings (SSSR count). The molecule has 1 aliphatic heterocycles. The Bertz CT molecular complexity index is 1280. The summed E-state index contributed by atoms with van der Waals surface area (Å²) in [4.78, 5) is 40.2. The summed E-state index contributed by atoms with van der Waals surface area (Å²) in [5.41, 5.74) is 4.30. The Morgan fingerprint density at radius 1 is 1.16 bits per heavy atom. The van der Waals surface area contributed by atoms with Crippen molar-refractivity contribution in [2.75, 3.05) is 20.8 Å². The lowest BCUT2D eigenvalue weighted by atomic mass is 9.86. The van der Waals surface area contributed by atoms with Gasteiger partial charge in [0.25, 0.3) is 0 Å². The number of fused-ring (bicyclic) bond motifs is 1. The van der Waals surface area contributed by atoms with Gasteiger partial charge in [-0.05, 0) is 65.0 Å². The maximum atomic E-state index is 13.6. The number of ketones is 2. The van der Waals surface area contributed by atoms with Crippen LogP contribution in [0.3, 0.4) is 0 Å². The van der Waals surface area contributed by atoms with Crippen molar-refractivity contribution in [3.63, 3.8) is 0 Å². The van der Waals surface area contributed by atoms with E-state index in [1.54, 1.807) is 12.0 Å². The van der Waals surface area contributed by atoms with Crippen molar-refractivity contribution in [3.05, 3.63) is 58.5 Å². The van der Waals surface area contributed by atoms with Crippen LogP contribution in [0.1, 0.15) is 75.0 Å². The number of likely N-dealkylation sites (tertiary alicyclic amines) is 1. The predicted octanol–water partition coefficient (Wildman–Crippen LogP) is 6.16. The van der Waals surface area contributed by atoms with Crippen LogP contribution in [-0.4, -0.2) is 53.9 Å². The number of allylic oxidation sites excluding steroid dienone is 3. The van der Waals surface area contributed by atoms with Crippen LogP contribution in [0.2, 0.25) is 0 Å². The zero-order valence-electron chi connectivity index (χ0n) is 22.8. The summed E-state index contributed by atoms with van der Waals surface area (Å²) in [6.45, 7) is 8.87. The normalized spacial score (nSPS) is 21.2. The molecule has 1 aliphatic carbocycles. The van der Waals surface area contributed by atoms with Gasteiger partial charge in [-0.3, -0.25) is 9.59 Å². The van der Waals surface area contributed by atoms with Gasteiger partial charge in [-0.15, -0.1) is 0 Å². The molecule has 37 heavy (non-hydrogen) atoms. The van der Waals surface area contributed by atoms with Gasteiger partial charge in [0, 0.05) is 59.2 Å². The number of Topliss-reactive ketones (excluding diaryl/α,β-unsaturated/α-hetero) is 2. The second kappa shape index (κ2) is 11.0. The number of hydrogen-bond donors (Lipinski definition) is 0. The van der Waals surface area contributed by atoms with Crippen LogP contribution in [-0.2, 0) is 14.3 Å². The monoisotopic (exact) mass is 506 g/mol. The molecule has 0 radical (unpaired) electrons. The molecule has 3 atom stereocenters. The minimum Gasteiger partial charge on any atom is -0.496 e. The summed E-state index contributed by atoms with van der Waals surface area (Å²) in [5, 5.41) is 0.948. The van der Waals surface area contributed by atoms with Crippen LogP contribution in [0.25, 0.3) is 10.9 Å². The van der Waals surface area contributed by atoms with Gasteiger partial charge in [-0.2, -0.15) is 0 Å². The highest BCUT2D eigenvalue weighted by Crippen LogP contribution is 2.38. The van der Waals surface area contributed by atoms with E-state index >= 15 is 0 Å². The highest BCUT2D eigenvalue weighted by Gasteiger charge is 2.34. The first-order valence-electron chi connectivity index (χ1n) is 13.1. The minimum absolute atomic E-state index is 0.0323. The molecule has 1 amide bonds. The molecule has 0 saturated carbocycles. The van der Waals surface area contributed by atoms with Crippen LogP contribution in [0.4, 0.5) is 4.79 Å². The Morgan fingerprint density at radius 2 is 1.89 bits per heavy atom. The first-order valence-corrected chi connectivity index (χ1v) is 13.1. The SMILES string of the molecule is COC(=O)N1CCC(C(C)n2c(C)c(C(=O)CCC3=C(OC)C=C(C)CC3=O)c3ccccc32)CC1C. The fraction of sp³-hybridized carbons (Fsp3) is 0.500. The van der Waals surface area contributed by atoms with Crippen LogP contribution >= 0.6 is 0 Å². The van der Waals surface area contributed by atoms with Crippen LogP contribution in [0.5, 0.6) is 0 Å². The summed E-state index contributed by atoms with van der Waals surface area (Å²) >= 11 is 0. The quantitative estimate of drug-likeness (QED) is 0.420. The molecule has 3 unspecified atom stereocenters. The standard InChI is InChI=1S/C30H38N2O5/c1-18-15-27(34)24(28(16-18)36-5)11-12-26(33)29-21(4)32(25-10-8-7-9-23(25)29)20(3)22-13-14-31(19(2)17-22)30(35)37-6/h7-10,16,19-20,22H,11-15,17H2,1-6H3. The third kappa shape index (κ3) is 5.09. The number of piperidine rings is 1. The topological polar surface area (TPSA) is 77.8 Å². The molecule has 2 heterocycles. The molecule has 198 valence electrons. The van der Waals surface area contributed by atoms with E-state index < -0.39 is 0 Å². The lowest BCUT2D eigenvalue weighted by Gasteiger charge is -2.39. The Hall–Kier alpha value is -3.35. The van der Waals surface area contributed by atoms with Crippen LogP contribution in [0, 0.1) is 12.8 Å². The van der Waals surface area contributed by atoms with E-state index in [4.69, 9.17) is 9.47 Å². The zero-order chi connectivity index (χ0) is 26.9. The van der Waals surface area contributed by atoms with Gasteiger partial charge in [0.2, 0.25) is 0 Å². The van der Waals surface area contributed by atoms with E-state index in [1.807, 2.05) is 38.1 Å². The first-order chi connectivity index (χ1) is 17.7. The number of para-hydroxylation sites is 1. The Balaban J connectivity index is 1.61. The van der Waals surface area contributed by atoms with Crippen molar-refractivity contribution in [2.45, 2.75) is 71.9 Å². The fourth-order valence-electron chi connectivity index (χ4n) is 6.18. The largest absolute Gasteiger partial charge is 0.496 e. The molecule has 0 spiro atoms. The van der Waals surface area contributed by atoms with E-state index in [0.717, 1.165) is 40.6 Å². The first kappa shape index (κ1) is 26.7. The third-order valence-corrected chi connectivity index (χ3v) is 8.12. The Labute approximate surface area is 219 Å². The summed E-state index contributed by atoms with van der Waals surface area (Å²) in [7, 11) is 2.99. The van der Waals surface area contributed by atoms with E-state index in [-0.39, 0.29) is 36.2 Å². The van der Waals surface area contributed by atoms with Crippen molar-refractivity contribution >= 4 is 28.6 Å². The smallest absolute Gasteiger partial charge is 0.409 e. The number of carbonyl (C=O) groups excluding carboxylic acids is 3. The van der Waals surface area contributed by atoms with Crippen LogP contribution < -0.4 is 0 Å². The van der Waals surface area contributed by atoms with Crippen molar-refractivity contribution in [1.29, 1.82) is 0 Å². The molecule has 7 heteroatoms. The number of hydrogen-bond acceptors (Lipinski definition) is 5. The lowest BCUT2D eigenvalue weighted by molar-refractivity contribution is -0.115. The number of amides is 1. The highest BCUT2D eigenvalue weighted by atomic mass is 16.5. The molecule has 1 aromatic heterocycles. The summed E-state index contributed by atoms with van der Waals surface area (Å²) in [5.74, 6) is 1.000. The highest BCUT2D eigenvalue weighted by molar-refractivity contribution is 6.10. The van der Waals surface area contributed by atoms with Gasteiger partial charge in [-0.25, -0.2) is 4.79 Å². The Morgan fingerprint density at radius 3 is 2.57 bits per heavy atom. The van der Waals surface area contributed by atoms with E-state index in [9.17, 15) is 14.4 Å². The molecule has 2 aliphatic rings. The lowest BCUT2D eigenvalue weighted by Crippen LogP contribution is -2.45. The average molecular weight is 507 g/mol. The van der Waals surface area contributed by atoms with E-state index in [2.05, 4.69) is 24.5 Å². The van der Waals surface area contributed by atoms with Gasteiger partial charge in [0.15, 0.2) is 11.6 Å². The predicted molar refractivity (Wildman–Crippen MR) is 144 cm³/mol. The molecule has 1 fully saturated rings. The van der Waals surface area contributed by atoms with Gasteiger partial charge in [0.1, 0.15) is 5.76 Å². The molecular weight excluding hydrogens is 468 g/mol. The second-order valence-corrected chi connectivity index (χ2v) is 10.4. The molecule has 1 aromatic carbocycles. The van der Waals surface area contributed by atoms with Gasteiger partial charge in [-0.1, -0.05) is 23.8 Å². The molecule has 0 N–H and O–H groups in total. The number of aromatic nitrogens is 1. The van der Waals surface area contributed by atoms with Crippen molar-refractivity contribution in [1.82, 2.24) is 9.47 Å². The second-order valence-electron chi connectivity index (χ2n) is 10.4. The van der Waals surface area contributed by atoms with E-state index in [1.165, 1.54) is 7.11 Å². The summed E-state index contributed by atoms with van der Waals surface area (Å²) < 4.78 is 12.7. The number of rotatable bonds is 7. The van der Waals surface area contributed by atoms with Gasteiger partial charge < -0.3 is 18.9 Å². The molecule has 0 bridgehead atoms. The van der Waals surface area contributed by atoms with Crippen molar-refractivity contribution in [2.24, 2.45) is 5.92 Å². The number of methoxy groups -OCH3 is 2. The summed E-state index contributed by atoms with van der Waals surface area (Å²) in [6, 6.07) is 8.31. The minimum atomic E-state index is -0.275. The summed E-state index contributed by atoms with van der Waals surface area (Å²) in [6.07, 6.45) is 4.35. The van der Waals surface area contributed by atoms with E-state index in [0.29, 0.717) is 36.6 Å². The maximum Gasteiger partial charge on any atom is 0.409 e. The van der Waals surface area contributed by atoms with Crippen molar-refractivity contribution < 1.29 is 23.9 Å². The number of benzene rings is 1. The third-order valence-electron chi connectivity index (χ3n) is 8.12. The molecule has 1 saturated heterocycles. The number of ether oxygens (including phenoxy) is 2. The average Bonchev–Trinajstić information content (AvgIpc) is 3.18. The van der Waals surface area contributed by atoms with Crippen LogP contribution in [0.15, 0.2) is 47.2 Å². The zero-order valence-corrected chi connectivity index (χ0v) is 22.8. The number of nitrogens with zero attached hydrogens (tertiary/aromatic N) is 2. The molecule has 2 aromatic rings. The maximum absolute atomic E-state index is 13.6. The van der Waals surface area contributed by atoms with Crippen molar-refractivity contribution in [3.8, 4) is 0 Å². The Kier molecular flexibility index (Phi) is 7.90. The van der Waals surface area contributed by atoms with Gasteiger partial charge >= 0.3 is 6.09 Å².